The highest BCUT2D eigenvalue weighted by molar-refractivity contribution is 7.89. The molecule has 0 radical (unpaired) electrons. The summed E-state index contributed by atoms with van der Waals surface area (Å²) >= 11 is 7.36. The molecule has 1 amide bonds. The van der Waals surface area contributed by atoms with Gasteiger partial charge in [-0.05, 0) is 49.2 Å². The van der Waals surface area contributed by atoms with Crippen LogP contribution in [0.1, 0.15) is 34.5 Å². The standard InChI is InChI=1S/C18H21ClN2O3S2/c1-20(13-15-7-10-17(19)25-15)18(22)14-5-8-16(9-6-14)26(23,24)21-11-3-2-4-12-21/h5-10H,2-4,11-13H2,1H3. The number of nitrogens with zero attached hydrogens (tertiary/aromatic N) is 2. The minimum absolute atomic E-state index is 0.156. The van der Waals surface area contributed by atoms with Crippen molar-refractivity contribution in [3.05, 3.63) is 51.2 Å². The second kappa shape index (κ2) is 8.08. The third-order valence-electron chi connectivity index (χ3n) is 4.42. The molecule has 1 aliphatic heterocycles. The molecule has 26 heavy (non-hydrogen) atoms. The van der Waals surface area contributed by atoms with Gasteiger partial charge in [-0.2, -0.15) is 4.31 Å². The molecule has 0 bridgehead atoms. The lowest BCUT2D eigenvalue weighted by Crippen LogP contribution is -2.35. The Bertz CT molecular complexity index is 872. The molecule has 1 fully saturated rings. The first-order valence-electron chi connectivity index (χ1n) is 8.48. The van der Waals surface area contributed by atoms with Crippen molar-refractivity contribution in [3.8, 4) is 0 Å². The van der Waals surface area contributed by atoms with Crippen LogP contribution in [0.5, 0.6) is 0 Å². The zero-order chi connectivity index (χ0) is 18.7. The smallest absolute Gasteiger partial charge is 0.253 e. The first-order chi connectivity index (χ1) is 12.4. The Morgan fingerprint density at radius 2 is 1.77 bits per heavy atom. The van der Waals surface area contributed by atoms with Crippen molar-refractivity contribution in [2.24, 2.45) is 0 Å². The van der Waals surface area contributed by atoms with Gasteiger partial charge in [0.1, 0.15) is 0 Å². The van der Waals surface area contributed by atoms with Crippen molar-refractivity contribution in [2.45, 2.75) is 30.7 Å². The third kappa shape index (κ3) is 4.28. The van der Waals surface area contributed by atoms with Crippen molar-refractivity contribution < 1.29 is 13.2 Å². The Labute approximate surface area is 163 Å². The molecule has 8 heteroatoms. The summed E-state index contributed by atoms with van der Waals surface area (Å²) in [7, 11) is -1.76. The van der Waals surface area contributed by atoms with Gasteiger partial charge >= 0.3 is 0 Å². The van der Waals surface area contributed by atoms with Gasteiger partial charge in [0.05, 0.1) is 15.8 Å². The van der Waals surface area contributed by atoms with Crippen LogP contribution in [-0.4, -0.2) is 43.7 Å². The number of carbonyl (C=O) groups excluding carboxylic acids is 1. The summed E-state index contributed by atoms with van der Waals surface area (Å²) in [5.74, 6) is -0.156. The van der Waals surface area contributed by atoms with Crippen LogP contribution in [0.2, 0.25) is 4.34 Å². The minimum atomic E-state index is -3.48. The molecule has 0 spiro atoms. The van der Waals surface area contributed by atoms with Gasteiger partial charge in [-0.1, -0.05) is 18.0 Å². The molecule has 0 aliphatic carbocycles. The summed E-state index contributed by atoms with van der Waals surface area (Å²) in [5, 5.41) is 0. The summed E-state index contributed by atoms with van der Waals surface area (Å²) in [6.45, 7) is 1.59. The molecular formula is C18H21ClN2O3S2. The summed E-state index contributed by atoms with van der Waals surface area (Å²) in [6, 6.07) is 9.90. The number of halogens is 1. The number of hydrogen-bond donors (Lipinski definition) is 0. The Kier molecular flexibility index (Phi) is 6.02. The lowest BCUT2D eigenvalue weighted by atomic mass is 10.2. The number of benzene rings is 1. The van der Waals surface area contributed by atoms with E-state index in [9.17, 15) is 13.2 Å². The van der Waals surface area contributed by atoms with Gasteiger partial charge in [0.15, 0.2) is 0 Å². The highest BCUT2D eigenvalue weighted by atomic mass is 35.5. The van der Waals surface area contributed by atoms with E-state index in [4.69, 9.17) is 11.6 Å². The maximum atomic E-state index is 12.7. The summed E-state index contributed by atoms with van der Waals surface area (Å²) in [5.41, 5.74) is 0.466. The Hall–Kier alpha value is -1.41. The highest BCUT2D eigenvalue weighted by Crippen LogP contribution is 2.24. The number of hydrogen-bond acceptors (Lipinski definition) is 4. The van der Waals surface area contributed by atoms with Crippen LogP contribution in [-0.2, 0) is 16.6 Å². The lowest BCUT2D eigenvalue weighted by molar-refractivity contribution is 0.0786. The van der Waals surface area contributed by atoms with E-state index in [2.05, 4.69) is 0 Å². The monoisotopic (exact) mass is 412 g/mol. The fourth-order valence-corrected chi connectivity index (χ4v) is 5.64. The number of thiophene rings is 1. The van der Waals surface area contributed by atoms with Gasteiger partial charge in [0, 0.05) is 30.6 Å². The first kappa shape index (κ1) is 19.4. The molecule has 0 unspecified atom stereocenters. The van der Waals surface area contributed by atoms with Crippen LogP contribution in [0.3, 0.4) is 0 Å². The predicted molar refractivity (Wildman–Crippen MR) is 104 cm³/mol. The van der Waals surface area contributed by atoms with E-state index in [1.807, 2.05) is 6.07 Å². The fraction of sp³-hybridized carbons (Fsp3) is 0.389. The van der Waals surface area contributed by atoms with E-state index < -0.39 is 10.0 Å². The second-order valence-electron chi connectivity index (χ2n) is 6.36. The largest absolute Gasteiger partial charge is 0.337 e. The molecule has 140 valence electrons. The van der Waals surface area contributed by atoms with E-state index in [1.165, 1.54) is 27.8 Å². The molecule has 2 heterocycles. The van der Waals surface area contributed by atoms with Crippen LogP contribution < -0.4 is 0 Å². The lowest BCUT2D eigenvalue weighted by Gasteiger charge is -2.26. The molecule has 3 rings (SSSR count). The van der Waals surface area contributed by atoms with E-state index in [0.29, 0.717) is 29.5 Å². The molecule has 0 atom stereocenters. The molecule has 0 N–H and O–H groups in total. The van der Waals surface area contributed by atoms with Crippen molar-refractivity contribution in [1.82, 2.24) is 9.21 Å². The van der Waals surface area contributed by atoms with Crippen molar-refractivity contribution in [3.63, 3.8) is 0 Å². The van der Waals surface area contributed by atoms with Crippen molar-refractivity contribution in [2.75, 3.05) is 20.1 Å². The number of sulfonamides is 1. The Morgan fingerprint density at radius 3 is 2.35 bits per heavy atom. The maximum absolute atomic E-state index is 12.7. The molecular weight excluding hydrogens is 392 g/mol. The van der Waals surface area contributed by atoms with Gasteiger partial charge in [0.2, 0.25) is 10.0 Å². The zero-order valence-electron chi connectivity index (χ0n) is 14.5. The molecule has 1 saturated heterocycles. The van der Waals surface area contributed by atoms with E-state index >= 15 is 0 Å². The van der Waals surface area contributed by atoms with E-state index in [0.717, 1.165) is 24.1 Å². The van der Waals surface area contributed by atoms with Crippen LogP contribution in [0.4, 0.5) is 0 Å². The van der Waals surface area contributed by atoms with Gasteiger partial charge in [0.25, 0.3) is 5.91 Å². The Morgan fingerprint density at radius 1 is 1.12 bits per heavy atom. The molecule has 1 aliphatic rings. The van der Waals surface area contributed by atoms with Crippen LogP contribution in [0, 0.1) is 0 Å². The third-order valence-corrected chi connectivity index (χ3v) is 7.55. The summed E-state index contributed by atoms with van der Waals surface area (Å²) in [6.07, 6.45) is 2.86. The number of carbonyl (C=O) groups is 1. The quantitative estimate of drug-likeness (QED) is 0.749. The van der Waals surface area contributed by atoms with E-state index in [1.54, 1.807) is 30.1 Å². The molecule has 5 nitrogen and oxygen atoms in total. The van der Waals surface area contributed by atoms with E-state index in [-0.39, 0.29) is 10.8 Å². The minimum Gasteiger partial charge on any atom is -0.337 e. The van der Waals surface area contributed by atoms with Gasteiger partial charge in [-0.3, -0.25) is 4.79 Å². The average molecular weight is 413 g/mol. The topological polar surface area (TPSA) is 57.7 Å². The average Bonchev–Trinajstić information content (AvgIpc) is 3.06. The van der Waals surface area contributed by atoms with Crippen LogP contribution in [0.25, 0.3) is 0 Å². The summed E-state index contributed by atoms with van der Waals surface area (Å²) in [4.78, 5) is 15.4. The van der Waals surface area contributed by atoms with Gasteiger partial charge < -0.3 is 4.90 Å². The summed E-state index contributed by atoms with van der Waals surface area (Å²) < 4.78 is 27.5. The van der Waals surface area contributed by atoms with Crippen molar-refractivity contribution in [1.29, 1.82) is 0 Å². The fourth-order valence-electron chi connectivity index (χ4n) is 2.99. The number of rotatable bonds is 5. The number of piperidine rings is 1. The van der Waals surface area contributed by atoms with Gasteiger partial charge in [-0.15, -0.1) is 11.3 Å². The zero-order valence-corrected chi connectivity index (χ0v) is 16.9. The van der Waals surface area contributed by atoms with Crippen LogP contribution >= 0.6 is 22.9 Å². The molecule has 0 saturated carbocycles. The molecule has 1 aromatic heterocycles. The predicted octanol–water partition coefficient (Wildman–Crippen LogP) is 3.85. The number of amides is 1. The normalized spacial score (nSPS) is 15.8. The van der Waals surface area contributed by atoms with Crippen molar-refractivity contribution >= 4 is 38.9 Å². The molecule has 1 aromatic carbocycles. The highest BCUT2D eigenvalue weighted by Gasteiger charge is 2.26. The first-order valence-corrected chi connectivity index (χ1v) is 11.1. The second-order valence-corrected chi connectivity index (χ2v) is 10.1. The maximum Gasteiger partial charge on any atom is 0.253 e. The SMILES string of the molecule is CN(Cc1ccc(Cl)s1)C(=O)c1ccc(S(=O)(=O)N2CCCCC2)cc1. The van der Waals surface area contributed by atoms with Gasteiger partial charge in [-0.25, -0.2) is 8.42 Å². The Balaban J connectivity index is 1.71. The van der Waals surface area contributed by atoms with Crippen LogP contribution in [0.15, 0.2) is 41.3 Å². The molecule has 2 aromatic rings.